The molecule has 1 N–H and O–H groups in total. The van der Waals surface area contributed by atoms with Crippen LogP contribution in [0.25, 0.3) is 10.9 Å². The smallest absolute Gasteiger partial charge is 0.337 e. The number of hydrogen-bond donors (Lipinski definition) is 1. The third-order valence-corrected chi connectivity index (χ3v) is 7.02. The van der Waals surface area contributed by atoms with E-state index >= 15 is 0 Å². The van der Waals surface area contributed by atoms with E-state index in [2.05, 4.69) is 22.7 Å². The van der Waals surface area contributed by atoms with Gasteiger partial charge in [0.25, 0.3) is 0 Å². The predicted molar refractivity (Wildman–Crippen MR) is 123 cm³/mol. The summed E-state index contributed by atoms with van der Waals surface area (Å²) in [7, 11) is 0. The second-order valence-electron chi connectivity index (χ2n) is 9.13. The molecule has 2 heterocycles. The molecule has 0 aliphatic heterocycles. The molecule has 1 aromatic carbocycles. The lowest BCUT2D eigenvalue weighted by Crippen LogP contribution is -2.12. The van der Waals surface area contributed by atoms with E-state index in [1.54, 1.807) is 6.07 Å². The minimum atomic E-state index is -0.866. The van der Waals surface area contributed by atoms with Crippen LogP contribution in [0.4, 0.5) is 0 Å². The molecule has 0 bridgehead atoms. The molecule has 1 unspecified atom stereocenters. The highest BCUT2D eigenvalue weighted by molar-refractivity contribution is 6.04. The molecule has 0 radical (unpaired) electrons. The topological polar surface area (TPSA) is 68.3 Å². The maximum absolute atomic E-state index is 12.1. The second kappa shape index (κ2) is 9.29. The van der Waals surface area contributed by atoms with Crippen molar-refractivity contribution in [1.82, 2.24) is 9.72 Å². The van der Waals surface area contributed by atoms with Crippen LogP contribution < -0.4 is 0 Å². The zero-order valence-electron chi connectivity index (χ0n) is 19.0. The van der Waals surface area contributed by atoms with Crippen molar-refractivity contribution < 1.29 is 14.4 Å². The van der Waals surface area contributed by atoms with E-state index in [0.29, 0.717) is 18.0 Å². The molecule has 0 amide bonds. The average Bonchev–Trinajstić information content (AvgIpc) is 3.12. The van der Waals surface area contributed by atoms with Crippen molar-refractivity contribution in [3.05, 3.63) is 52.0 Å². The highest BCUT2D eigenvalue weighted by Gasteiger charge is 2.27. The minimum absolute atomic E-state index is 0.386. The lowest BCUT2D eigenvalue weighted by molar-refractivity contribution is 0.0698. The van der Waals surface area contributed by atoms with Crippen LogP contribution >= 0.6 is 0 Å². The van der Waals surface area contributed by atoms with Crippen LogP contribution in [0, 0.1) is 19.8 Å². The Kier molecular flexibility index (Phi) is 6.49. The molecule has 0 spiro atoms. The van der Waals surface area contributed by atoms with Gasteiger partial charge in [0.15, 0.2) is 0 Å². The molecule has 1 aliphatic carbocycles. The number of aromatic carboxylic acids is 1. The zero-order chi connectivity index (χ0) is 22.0. The summed E-state index contributed by atoms with van der Waals surface area (Å²) in [5.74, 6) is 0.610. The number of aromatic nitrogens is 2. The Morgan fingerprint density at radius 1 is 1.26 bits per heavy atom. The summed E-state index contributed by atoms with van der Waals surface area (Å²) in [5, 5.41) is 15.2. The van der Waals surface area contributed by atoms with Gasteiger partial charge in [0.2, 0.25) is 0 Å². The fraction of sp³-hybridized carbons (Fsp3) is 0.538. The summed E-state index contributed by atoms with van der Waals surface area (Å²) in [4.78, 5) is 12.1. The summed E-state index contributed by atoms with van der Waals surface area (Å²) in [6.45, 7) is 6.77. The van der Waals surface area contributed by atoms with Gasteiger partial charge in [-0.15, -0.1) is 0 Å². The molecule has 1 aliphatic rings. The fourth-order valence-electron chi connectivity index (χ4n) is 5.33. The molecule has 4 rings (SSSR count). The van der Waals surface area contributed by atoms with E-state index in [1.165, 1.54) is 56.2 Å². The number of carboxylic acid groups (broad SMARTS) is 1. The van der Waals surface area contributed by atoms with Crippen molar-refractivity contribution in [2.24, 2.45) is 5.92 Å². The number of nitrogens with zero attached hydrogens (tertiary/aromatic N) is 2. The number of fused-ring (bicyclic) bond motifs is 3. The van der Waals surface area contributed by atoms with Crippen LogP contribution in [-0.2, 0) is 19.4 Å². The Morgan fingerprint density at radius 3 is 2.81 bits per heavy atom. The zero-order valence-corrected chi connectivity index (χ0v) is 19.0. The molecule has 0 saturated carbocycles. The Hall–Kier alpha value is -2.56. The Bertz CT molecular complexity index is 1060. The van der Waals surface area contributed by atoms with Crippen molar-refractivity contribution in [1.29, 1.82) is 0 Å². The van der Waals surface area contributed by atoms with Gasteiger partial charge in [0.1, 0.15) is 5.76 Å². The first-order chi connectivity index (χ1) is 15.0. The van der Waals surface area contributed by atoms with Crippen LogP contribution in [0.5, 0.6) is 0 Å². The number of rotatable bonds is 8. The van der Waals surface area contributed by atoms with Crippen molar-refractivity contribution in [2.45, 2.75) is 85.1 Å². The maximum atomic E-state index is 12.1. The number of aryl methyl sites for hydroxylation is 3. The number of para-hydroxylation sites is 1. The molecule has 5 heteroatoms. The monoisotopic (exact) mass is 422 g/mol. The van der Waals surface area contributed by atoms with Gasteiger partial charge in [-0.05, 0) is 57.1 Å². The van der Waals surface area contributed by atoms with Crippen LogP contribution in [0.3, 0.4) is 0 Å². The maximum Gasteiger partial charge on any atom is 0.337 e. The standard InChI is InChI=1S/C26H34N2O3/c1-4-5-6-7-10-19-11-8-12-20-21-13-9-14-22(26(29)30)25(21)28(24(20)15-19)16-23-17(2)27-31-18(23)3/h9,13-14,19H,4-8,10-12,15-16H2,1-3H3,(H,29,30). The highest BCUT2D eigenvalue weighted by atomic mass is 16.5. The van der Waals surface area contributed by atoms with Gasteiger partial charge in [-0.1, -0.05) is 56.3 Å². The molecule has 166 valence electrons. The Morgan fingerprint density at radius 2 is 2.10 bits per heavy atom. The van der Waals surface area contributed by atoms with Crippen molar-refractivity contribution in [2.75, 3.05) is 0 Å². The molecule has 0 fully saturated rings. The third kappa shape index (κ3) is 4.28. The summed E-state index contributed by atoms with van der Waals surface area (Å²) in [6.07, 6.45) is 10.9. The first-order valence-corrected chi connectivity index (χ1v) is 11.8. The van der Waals surface area contributed by atoms with Gasteiger partial charge in [0, 0.05) is 16.6 Å². The fourth-order valence-corrected chi connectivity index (χ4v) is 5.33. The van der Waals surface area contributed by atoms with Gasteiger partial charge >= 0.3 is 5.97 Å². The van der Waals surface area contributed by atoms with Crippen molar-refractivity contribution >= 4 is 16.9 Å². The first kappa shape index (κ1) is 21.7. The van der Waals surface area contributed by atoms with Crippen LogP contribution in [0.15, 0.2) is 22.7 Å². The molecule has 31 heavy (non-hydrogen) atoms. The highest BCUT2D eigenvalue weighted by Crippen LogP contribution is 2.37. The minimum Gasteiger partial charge on any atom is -0.478 e. The SMILES string of the molecule is CCCCCCC1CCCc2c(n(Cc3c(C)noc3C)c3c(C(=O)O)cccc23)C1. The van der Waals surface area contributed by atoms with Gasteiger partial charge < -0.3 is 14.2 Å². The molecule has 5 nitrogen and oxygen atoms in total. The summed E-state index contributed by atoms with van der Waals surface area (Å²) in [6, 6.07) is 5.72. The number of hydrogen-bond acceptors (Lipinski definition) is 3. The molecule has 0 saturated heterocycles. The molecule has 3 aromatic rings. The number of unbranched alkanes of at least 4 members (excludes halogenated alkanes) is 3. The molecule has 1 atom stereocenters. The average molecular weight is 423 g/mol. The van der Waals surface area contributed by atoms with E-state index in [1.807, 2.05) is 19.9 Å². The number of carboxylic acids is 1. The summed E-state index contributed by atoms with van der Waals surface area (Å²) >= 11 is 0. The quantitative estimate of drug-likeness (QED) is 0.334. The van der Waals surface area contributed by atoms with Crippen molar-refractivity contribution in [3.8, 4) is 0 Å². The van der Waals surface area contributed by atoms with E-state index < -0.39 is 5.97 Å². The summed E-state index contributed by atoms with van der Waals surface area (Å²) < 4.78 is 7.69. The van der Waals surface area contributed by atoms with Crippen molar-refractivity contribution in [3.63, 3.8) is 0 Å². The van der Waals surface area contributed by atoms with E-state index in [0.717, 1.165) is 40.8 Å². The lowest BCUT2D eigenvalue weighted by atomic mass is 9.93. The van der Waals surface area contributed by atoms with Gasteiger partial charge in [-0.2, -0.15) is 0 Å². The normalized spacial score (nSPS) is 16.4. The van der Waals surface area contributed by atoms with Gasteiger partial charge in [-0.25, -0.2) is 4.79 Å². The van der Waals surface area contributed by atoms with E-state index in [4.69, 9.17) is 4.52 Å². The van der Waals surface area contributed by atoms with E-state index in [9.17, 15) is 9.90 Å². The molecular weight excluding hydrogens is 388 g/mol. The third-order valence-electron chi connectivity index (χ3n) is 7.02. The van der Waals surface area contributed by atoms with Crippen LogP contribution in [0.1, 0.15) is 90.5 Å². The van der Waals surface area contributed by atoms with Gasteiger partial charge in [0.05, 0.1) is 23.3 Å². The molecular formula is C26H34N2O3. The number of carbonyl (C=O) groups is 1. The largest absolute Gasteiger partial charge is 0.478 e. The van der Waals surface area contributed by atoms with Gasteiger partial charge in [-0.3, -0.25) is 0 Å². The summed E-state index contributed by atoms with van der Waals surface area (Å²) in [5.41, 5.74) is 5.85. The Balaban J connectivity index is 1.80. The predicted octanol–water partition coefficient (Wildman–Crippen LogP) is 6.46. The molecule has 2 aromatic heterocycles. The van der Waals surface area contributed by atoms with E-state index in [-0.39, 0.29) is 0 Å². The Labute approximate surface area is 184 Å². The second-order valence-corrected chi connectivity index (χ2v) is 9.13. The van der Waals surface area contributed by atoms with Crippen LogP contribution in [-0.4, -0.2) is 20.8 Å². The first-order valence-electron chi connectivity index (χ1n) is 11.8. The van der Waals surface area contributed by atoms with Crippen LogP contribution in [0.2, 0.25) is 0 Å². The lowest BCUT2D eigenvalue weighted by Gasteiger charge is -2.18. The number of benzene rings is 1.